The van der Waals surface area contributed by atoms with Crippen LogP contribution in [0.4, 0.5) is 5.69 Å². The smallest absolute Gasteiger partial charge is 0.263 e. The number of rotatable bonds is 5. The van der Waals surface area contributed by atoms with Crippen LogP contribution in [-0.2, 0) is 4.79 Å². The minimum absolute atomic E-state index is 0.182. The number of thiophene rings is 1. The summed E-state index contributed by atoms with van der Waals surface area (Å²) in [6, 6.07) is 15.6. The van der Waals surface area contributed by atoms with E-state index in [0.29, 0.717) is 21.5 Å². The van der Waals surface area contributed by atoms with E-state index in [1.54, 1.807) is 31.2 Å². The van der Waals surface area contributed by atoms with Gasteiger partial charge < -0.3 is 5.32 Å². The number of carbonyl (C=O) groups excluding carboxylic acids is 2. The monoisotopic (exact) mass is 417 g/mol. The quantitative estimate of drug-likeness (QED) is 0.484. The Morgan fingerprint density at radius 1 is 1.07 bits per heavy atom. The van der Waals surface area contributed by atoms with Crippen molar-refractivity contribution in [3.05, 3.63) is 82.2 Å². The summed E-state index contributed by atoms with van der Waals surface area (Å²) in [7, 11) is 0. The first-order valence-corrected chi connectivity index (χ1v) is 10.3. The van der Waals surface area contributed by atoms with Gasteiger partial charge in [0.25, 0.3) is 5.56 Å². The van der Waals surface area contributed by atoms with E-state index < -0.39 is 6.04 Å². The van der Waals surface area contributed by atoms with E-state index in [2.05, 4.69) is 10.3 Å². The molecule has 1 atom stereocenters. The molecule has 0 bridgehead atoms. The largest absolute Gasteiger partial charge is 0.326 e. The van der Waals surface area contributed by atoms with E-state index in [4.69, 9.17) is 0 Å². The molecular formula is C23H19N3O3S. The van der Waals surface area contributed by atoms with Crippen molar-refractivity contribution in [1.82, 2.24) is 9.55 Å². The van der Waals surface area contributed by atoms with E-state index in [1.807, 2.05) is 35.7 Å². The summed E-state index contributed by atoms with van der Waals surface area (Å²) in [5, 5.41) is 5.11. The van der Waals surface area contributed by atoms with E-state index in [-0.39, 0.29) is 17.2 Å². The second-order valence-electron chi connectivity index (χ2n) is 6.95. The molecule has 0 spiro atoms. The van der Waals surface area contributed by atoms with Crippen LogP contribution in [0.25, 0.3) is 21.3 Å². The molecule has 1 N–H and O–H groups in total. The maximum Gasteiger partial charge on any atom is 0.263 e. The molecule has 0 aliphatic rings. The lowest BCUT2D eigenvalue weighted by Crippen LogP contribution is -2.28. The molecule has 30 heavy (non-hydrogen) atoms. The first-order valence-electron chi connectivity index (χ1n) is 9.41. The summed E-state index contributed by atoms with van der Waals surface area (Å²) in [5.41, 5.74) is 2.58. The number of ketones is 1. The molecule has 150 valence electrons. The van der Waals surface area contributed by atoms with Crippen molar-refractivity contribution in [3.63, 3.8) is 0 Å². The third kappa shape index (κ3) is 3.67. The predicted molar refractivity (Wildman–Crippen MR) is 119 cm³/mol. The van der Waals surface area contributed by atoms with Gasteiger partial charge in [-0.05, 0) is 36.8 Å². The van der Waals surface area contributed by atoms with Crippen LogP contribution in [0.3, 0.4) is 0 Å². The number of nitrogens with zero attached hydrogens (tertiary/aromatic N) is 2. The van der Waals surface area contributed by atoms with Crippen molar-refractivity contribution in [2.45, 2.75) is 19.9 Å². The third-order valence-corrected chi connectivity index (χ3v) is 5.78. The summed E-state index contributed by atoms with van der Waals surface area (Å²) in [4.78, 5) is 42.5. The lowest BCUT2D eigenvalue weighted by Gasteiger charge is -2.14. The van der Waals surface area contributed by atoms with E-state index >= 15 is 0 Å². The van der Waals surface area contributed by atoms with Crippen LogP contribution in [0.5, 0.6) is 0 Å². The van der Waals surface area contributed by atoms with Gasteiger partial charge in [-0.15, -0.1) is 11.3 Å². The Bertz CT molecular complexity index is 1290. The molecule has 0 fully saturated rings. The van der Waals surface area contributed by atoms with Crippen LogP contribution < -0.4 is 10.9 Å². The van der Waals surface area contributed by atoms with Crippen molar-refractivity contribution in [1.29, 1.82) is 0 Å². The van der Waals surface area contributed by atoms with Crippen molar-refractivity contribution in [3.8, 4) is 11.1 Å². The summed E-state index contributed by atoms with van der Waals surface area (Å²) in [6.07, 6.45) is 1.43. The number of anilines is 1. The number of aromatic nitrogens is 2. The first-order chi connectivity index (χ1) is 14.5. The van der Waals surface area contributed by atoms with Crippen molar-refractivity contribution >= 4 is 38.9 Å². The van der Waals surface area contributed by atoms with E-state index in [9.17, 15) is 14.4 Å². The Kier molecular flexibility index (Phi) is 5.29. The fraction of sp³-hybridized carbons (Fsp3) is 0.130. The zero-order valence-corrected chi connectivity index (χ0v) is 17.3. The third-order valence-electron chi connectivity index (χ3n) is 4.89. The molecule has 0 saturated heterocycles. The van der Waals surface area contributed by atoms with Gasteiger partial charge in [-0.1, -0.05) is 30.3 Å². The lowest BCUT2D eigenvalue weighted by atomic mass is 10.0. The van der Waals surface area contributed by atoms with Crippen molar-refractivity contribution < 1.29 is 9.59 Å². The van der Waals surface area contributed by atoms with Gasteiger partial charge >= 0.3 is 0 Å². The van der Waals surface area contributed by atoms with Crippen LogP contribution in [0, 0.1) is 0 Å². The Morgan fingerprint density at radius 3 is 2.43 bits per heavy atom. The molecule has 0 aliphatic heterocycles. The van der Waals surface area contributed by atoms with Crippen molar-refractivity contribution in [2.24, 2.45) is 0 Å². The predicted octanol–water partition coefficient (Wildman–Crippen LogP) is 4.53. The zero-order valence-electron chi connectivity index (χ0n) is 16.5. The highest BCUT2D eigenvalue weighted by Crippen LogP contribution is 2.30. The van der Waals surface area contributed by atoms with Crippen LogP contribution in [0.1, 0.15) is 30.2 Å². The van der Waals surface area contributed by atoms with Gasteiger partial charge in [-0.3, -0.25) is 19.0 Å². The average Bonchev–Trinajstić information content (AvgIpc) is 3.19. The summed E-state index contributed by atoms with van der Waals surface area (Å²) in [6.45, 7) is 3.11. The molecule has 4 aromatic rings. The number of amides is 1. The molecule has 0 aliphatic carbocycles. The lowest BCUT2D eigenvalue weighted by molar-refractivity contribution is -0.114. The number of hydrogen-bond acceptors (Lipinski definition) is 5. The van der Waals surface area contributed by atoms with Crippen molar-refractivity contribution in [2.75, 3.05) is 5.32 Å². The molecular weight excluding hydrogens is 398 g/mol. The van der Waals surface area contributed by atoms with Gasteiger partial charge in [0, 0.05) is 29.1 Å². The Labute approximate surface area is 176 Å². The van der Waals surface area contributed by atoms with Crippen LogP contribution in [-0.4, -0.2) is 21.2 Å². The molecule has 4 rings (SSSR count). The van der Waals surface area contributed by atoms with E-state index in [0.717, 1.165) is 11.1 Å². The van der Waals surface area contributed by atoms with Crippen LogP contribution in [0.15, 0.2) is 71.1 Å². The van der Waals surface area contributed by atoms with Crippen LogP contribution >= 0.6 is 11.3 Å². The minimum atomic E-state index is -0.718. The SMILES string of the molecule is CC(=O)Nc1ccc(C(=O)C(C)n2cnc3scc(-c4ccccc4)c3c2=O)cc1. The molecule has 1 unspecified atom stereocenters. The number of fused-ring (bicyclic) bond motifs is 1. The second kappa shape index (κ2) is 8.04. The van der Waals surface area contributed by atoms with Gasteiger partial charge in [0.1, 0.15) is 4.83 Å². The summed E-state index contributed by atoms with van der Waals surface area (Å²) < 4.78 is 1.38. The maximum atomic E-state index is 13.3. The highest BCUT2D eigenvalue weighted by atomic mass is 32.1. The highest BCUT2D eigenvalue weighted by molar-refractivity contribution is 7.17. The molecule has 7 heteroatoms. The fourth-order valence-electron chi connectivity index (χ4n) is 3.34. The Morgan fingerprint density at radius 2 is 1.77 bits per heavy atom. The van der Waals surface area contributed by atoms with Gasteiger partial charge in [0.05, 0.1) is 17.8 Å². The normalized spacial score (nSPS) is 11.9. The Balaban J connectivity index is 1.70. The van der Waals surface area contributed by atoms with Gasteiger partial charge in [-0.2, -0.15) is 0 Å². The highest BCUT2D eigenvalue weighted by Gasteiger charge is 2.21. The topological polar surface area (TPSA) is 81.1 Å². The Hall–Kier alpha value is -3.58. The summed E-state index contributed by atoms with van der Waals surface area (Å²) >= 11 is 1.41. The minimum Gasteiger partial charge on any atom is -0.326 e. The number of benzene rings is 2. The van der Waals surface area contributed by atoms with Gasteiger partial charge in [-0.25, -0.2) is 4.98 Å². The number of hydrogen-bond donors (Lipinski definition) is 1. The standard InChI is InChI=1S/C23H19N3O3S/c1-14(21(28)17-8-10-18(11-9-17)25-15(2)27)26-13-24-22-20(23(26)29)19(12-30-22)16-6-4-3-5-7-16/h3-14H,1-2H3,(H,25,27). The molecule has 1 amide bonds. The number of Topliss-reactive ketones (excluding diaryl/α,β-unsaturated/α-hetero) is 1. The molecule has 2 heterocycles. The first kappa shape index (κ1) is 19.7. The fourth-order valence-corrected chi connectivity index (χ4v) is 4.25. The zero-order chi connectivity index (χ0) is 21.3. The maximum absolute atomic E-state index is 13.3. The van der Waals surface area contributed by atoms with Gasteiger partial charge in [0.2, 0.25) is 5.91 Å². The average molecular weight is 417 g/mol. The molecule has 0 radical (unpaired) electrons. The molecule has 0 saturated carbocycles. The summed E-state index contributed by atoms with van der Waals surface area (Å²) in [5.74, 6) is -0.387. The molecule has 2 aromatic carbocycles. The number of carbonyl (C=O) groups is 2. The second-order valence-corrected chi connectivity index (χ2v) is 7.81. The molecule has 6 nitrogen and oxygen atoms in total. The van der Waals surface area contributed by atoms with Crippen LogP contribution in [0.2, 0.25) is 0 Å². The molecule has 2 aromatic heterocycles. The van der Waals surface area contributed by atoms with Gasteiger partial charge in [0.15, 0.2) is 5.78 Å². The number of nitrogens with one attached hydrogen (secondary N) is 1. The van der Waals surface area contributed by atoms with E-state index in [1.165, 1.54) is 29.2 Å².